The van der Waals surface area contributed by atoms with Gasteiger partial charge < -0.3 is 20.7 Å². The number of hydrogen-bond donors (Lipinski definition) is 3. The van der Waals surface area contributed by atoms with Crippen molar-refractivity contribution in [2.45, 2.75) is 24.6 Å². The van der Waals surface area contributed by atoms with Gasteiger partial charge in [-0.2, -0.15) is 4.98 Å². The van der Waals surface area contributed by atoms with E-state index in [0.717, 1.165) is 4.57 Å². The fourth-order valence-electron chi connectivity index (χ4n) is 1.72. The Kier molecular flexibility index (Phi) is 3.66. The van der Waals surface area contributed by atoms with Crippen LogP contribution in [0.4, 0.5) is 10.2 Å². The maximum absolute atomic E-state index is 13.8. The van der Waals surface area contributed by atoms with E-state index in [9.17, 15) is 14.3 Å². The van der Waals surface area contributed by atoms with Crippen LogP contribution in [0.2, 0.25) is 0 Å². The van der Waals surface area contributed by atoms with Crippen LogP contribution < -0.4 is 11.4 Å². The molecule has 1 aliphatic rings. The van der Waals surface area contributed by atoms with E-state index < -0.39 is 36.9 Å². The van der Waals surface area contributed by atoms with Gasteiger partial charge in [-0.3, -0.25) is 4.57 Å². The van der Waals surface area contributed by atoms with Crippen LogP contribution >= 0.6 is 15.9 Å². The highest BCUT2D eigenvalue weighted by atomic mass is 79.9. The number of nitrogen functional groups attached to an aromatic ring is 1. The van der Waals surface area contributed by atoms with Crippen LogP contribution in [0.1, 0.15) is 6.23 Å². The van der Waals surface area contributed by atoms with E-state index in [-0.39, 0.29) is 5.82 Å². The third-order valence-corrected chi connectivity index (χ3v) is 3.29. The monoisotopic (exact) mass is 323 g/mol. The second-order valence-electron chi connectivity index (χ2n) is 3.85. The van der Waals surface area contributed by atoms with Crippen molar-refractivity contribution in [2.24, 2.45) is 0 Å². The summed E-state index contributed by atoms with van der Waals surface area (Å²) in [6.45, 7) is -0.545. The highest BCUT2D eigenvalue weighted by molar-refractivity contribution is 9.10. The lowest BCUT2D eigenvalue weighted by Gasteiger charge is -2.16. The zero-order valence-electron chi connectivity index (χ0n) is 9.03. The molecule has 4 atom stereocenters. The van der Waals surface area contributed by atoms with Gasteiger partial charge in [0.2, 0.25) is 0 Å². The minimum Gasteiger partial charge on any atom is -0.394 e. The Morgan fingerprint density at radius 1 is 1.67 bits per heavy atom. The molecule has 0 saturated carbocycles. The van der Waals surface area contributed by atoms with Crippen LogP contribution in [0.25, 0.3) is 0 Å². The van der Waals surface area contributed by atoms with Crippen LogP contribution in [0, 0.1) is 0 Å². The lowest BCUT2D eigenvalue weighted by atomic mass is 10.1. The van der Waals surface area contributed by atoms with Crippen molar-refractivity contribution in [3.8, 4) is 0 Å². The summed E-state index contributed by atoms with van der Waals surface area (Å²) in [4.78, 5) is 15.1. The molecule has 0 radical (unpaired) electrons. The summed E-state index contributed by atoms with van der Waals surface area (Å²) in [5, 5.41) is 18.4. The van der Waals surface area contributed by atoms with Gasteiger partial charge in [0.25, 0.3) is 0 Å². The molecule has 18 heavy (non-hydrogen) atoms. The molecule has 2 rings (SSSR count). The fourth-order valence-corrected chi connectivity index (χ4v) is 2.03. The Labute approximate surface area is 109 Å². The lowest BCUT2D eigenvalue weighted by Crippen LogP contribution is -2.33. The first kappa shape index (κ1) is 13.4. The first-order valence-electron chi connectivity index (χ1n) is 5.08. The van der Waals surface area contributed by atoms with Crippen molar-refractivity contribution in [3.05, 3.63) is 21.2 Å². The Morgan fingerprint density at radius 3 is 2.89 bits per heavy atom. The molecule has 4 N–H and O–H groups in total. The third-order valence-electron chi connectivity index (χ3n) is 2.68. The molecule has 9 heteroatoms. The minimum absolute atomic E-state index is 0.0242. The first-order chi connectivity index (χ1) is 8.45. The Balaban J connectivity index is 2.39. The van der Waals surface area contributed by atoms with Gasteiger partial charge in [-0.25, -0.2) is 9.18 Å². The molecule has 100 valence electrons. The molecule has 1 aliphatic heterocycles. The van der Waals surface area contributed by atoms with Crippen LogP contribution in [0.15, 0.2) is 15.5 Å². The molecule has 0 aromatic carbocycles. The highest BCUT2D eigenvalue weighted by Gasteiger charge is 2.45. The van der Waals surface area contributed by atoms with E-state index in [4.69, 9.17) is 15.6 Å². The van der Waals surface area contributed by atoms with E-state index in [1.54, 1.807) is 0 Å². The predicted molar refractivity (Wildman–Crippen MR) is 62.5 cm³/mol. The molecule has 1 aromatic rings. The van der Waals surface area contributed by atoms with E-state index in [0.29, 0.717) is 4.47 Å². The molecule has 7 nitrogen and oxygen atoms in total. The molecule has 1 aromatic heterocycles. The summed E-state index contributed by atoms with van der Waals surface area (Å²) in [7, 11) is 0. The standard InChI is InChI=1S/C9H11BrFN3O4/c10-3-1-14(9(17)13-7(3)12)8-5(11)6(16)4(2-15)18-8/h1,4-6,8,15-16H,2H2,(H2,12,13,17)/t4-,5-,6-,8-/m0/s1. The number of ether oxygens (including phenoxy) is 1. The van der Waals surface area contributed by atoms with Gasteiger partial charge in [0.1, 0.15) is 18.0 Å². The molecule has 1 fully saturated rings. The maximum Gasteiger partial charge on any atom is 0.351 e. The topological polar surface area (TPSA) is 111 Å². The average Bonchev–Trinajstić information content (AvgIpc) is 2.61. The molecule has 2 heterocycles. The van der Waals surface area contributed by atoms with Crippen LogP contribution in [0.3, 0.4) is 0 Å². The van der Waals surface area contributed by atoms with Gasteiger partial charge in [0, 0.05) is 6.20 Å². The Morgan fingerprint density at radius 2 is 2.33 bits per heavy atom. The summed E-state index contributed by atoms with van der Waals surface area (Å²) < 4.78 is 20.1. The number of aliphatic hydroxyl groups is 2. The molecular formula is C9H11BrFN3O4. The minimum atomic E-state index is -1.84. The third kappa shape index (κ3) is 2.14. The first-order valence-corrected chi connectivity index (χ1v) is 5.87. The molecule has 0 amide bonds. The summed E-state index contributed by atoms with van der Waals surface area (Å²) in [6.07, 6.45) is -4.52. The molecule has 0 spiro atoms. The van der Waals surface area contributed by atoms with Gasteiger partial charge in [0.15, 0.2) is 12.4 Å². The van der Waals surface area contributed by atoms with E-state index in [2.05, 4.69) is 20.9 Å². The predicted octanol–water partition coefficient (Wildman–Crippen LogP) is -0.823. The number of aromatic nitrogens is 2. The van der Waals surface area contributed by atoms with Gasteiger partial charge in [0.05, 0.1) is 11.1 Å². The molecule has 1 saturated heterocycles. The summed E-state index contributed by atoms with van der Waals surface area (Å²) in [6, 6.07) is 0. The van der Waals surface area contributed by atoms with E-state index in [1.165, 1.54) is 6.20 Å². The Hall–Kier alpha value is -1.03. The number of alkyl halides is 1. The van der Waals surface area contributed by atoms with Crippen molar-refractivity contribution < 1.29 is 19.3 Å². The van der Waals surface area contributed by atoms with Crippen molar-refractivity contribution in [2.75, 3.05) is 12.3 Å². The van der Waals surface area contributed by atoms with Crippen LogP contribution in [-0.2, 0) is 4.74 Å². The van der Waals surface area contributed by atoms with Gasteiger partial charge in [-0.1, -0.05) is 0 Å². The number of hydrogen-bond acceptors (Lipinski definition) is 6. The normalized spacial score (nSPS) is 31.8. The smallest absolute Gasteiger partial charge is 0.351 e. The maximum atomic E-state index is 13.8. The van der Waals surface area contributed by atoms with Crippen LogP contribution in [-0.4, -0.2) is 44.8 Å². The van der Waals surface area contributed by atoms with Gasteiger partial charge in [-0.15, -0.1) is 0 Å². The molecular weight excluding hydrogens is 313 g/mol. The quantitative estimate of drug-likeness (QED) is 0.655. The Bertz CT molecular complexity index is 511. The summed E-state index contributed by atoms with van der Waals surface area (Å²) in [5.41, 5.74) is 4.61. The number of aliphatic hydroxyl groups excluding tert-OH is 2. The van der Waals surface area contributed by atoms with Crippen molar-refractivity contribution in [1.82, 2.24) is 9.55 Å². The average molecular weight is 324 g/mol. The number of halogens is 2. The number of nitrogens with two attached hydrogens (primary N) is 1. The molecule has 0 aliphatic carbocycles. The molecule has 0 bridgehead atoms. The van der Waals surface area contributed by atoms with Gasteiger partial charge >= 0.3 is 5.69 Å². The largest absolute Gasteiger partial charge is 0.394 e. The SMILES string of the molecule is Nc1nc(=O)n([C@H]2O[C@@H](CO)[C@H](O)[C@@H]2F)cc1Br. The number of nitrogens with zero attached hydrogens (tertiary/aromatic N) is 2. The zero-order valence-corrected chi connectivity index (χ0v) is 10.6. The summed E-state index contributed by atoms with van der Waals surface area (Å²) >= 11 is 3.06. The lowest BCUT2D eigenvalue weighted by molar-refractivity contribution is -0.0491. The van der Waals surface area contributed by atoms with Gasteiger partial charge in [-0.05, 0) is 15.9 Å². The second kappa shape index (κ2) is 4.92. The van der Waals surface area contributed by atoms with Crippen molar-refractivity contribution in [1.29, 1.82) is 0 Å². The summed E-state index contributed by atoms with van der Waals surface area (Å²) in [5.74, 6) is -0.0242. The number of rotatable bonds is 2. The zero-order chi connectivity index (χ0) is 13.4. The van der Waals surface area contributed by atoms with E-state index in [1.807, 2.05) is 0 Å². The second-order valence-corrected chi connectivity index (χ2v) is 4.70. The van der Waals surface area contributed by atoms with Crippen molar-refractivity contribution >= 4 is 21.7 Å². The van der Waals surface area contributed by atoms with Crippen molar-refractivity contribution in [3.63, 3.8) is 0 Å². The molecule has 0 unspecified atom stereocenters. The number of anilines is 1. The fraction of sp³-hybridized carbons (Fsp3) is 0.556. The van der Waals surface area contributed by atoms with Crippen LogP contribution in [0.5, 0.6) is 0 Å². The van der Waals surface area contributed by atoms with E-state index >= 15 is 0 Å². The highest BCUT2D eigenvalue weighted by Crippen LogP contribution is 2.31.